The Morgan fingerprint density at radius 2 is 1.86 bits per heavy atom. The van der Waals surface area contributed by atoms with Gasteiger partial charge in [0, 0.05) is 13.0 Å². The van der Waals surface area contributed by atoms with E-state index in [-0.39, 0.29) is 11.3 Å². The lowest BCUT2D eigenvalue weighted by Gasteiger charge is -2.11. The van der Waals surface area contributed by atoms with Gasteiger partial charge in [-0.3, -0.25) is 0 Å². The first-order valence-electron chi connectivity index (χ1n) is 5.80. The first-order valence-corrected chi connectivity index (χ1v) is 5.80. The maximum absolute atomic E-state index is 12.9. The van der Waals surface area contributed by atoms with Gasteiger partial charge in [0.2, 0.25) is 5.69 Å². The van der Waals surface area contributed by atoms with Crippen molar-refractivity contribution < 1.29 is 35.9 Å². The van der Waals surface area contributed by atoms with Crippen LogP contribution in [0, 0.1) is 0 Å². The van der Waals surface area contributed by atoms with Crippen LogP contribution in [0.5, 0.6) is 0 Å². The number of carbonyl (C=O) groups excluding carboxylic acids is 1. The summed E-state index contributed by atoms with van der Waals surface area (Å²) in [4.78, 5) is 11.3. The third-order valence-corrected chi connectivity index (χ3v) is 2.30. The van der Waals surface area contributed by atoms with Crippen LogP contribution in [0.25, 0.3) is 0 Å². The van der Waals surface area contributed by atoms with Crippen LogP contribution >= 0.6 is 0 Å². The molecule has 1 heterocycles. The fourth-order valence-corrected chi connectivity index (χ4v) is 1.52. The molecule has 1 aromatic rings. The van der Waals surface area contributed by atoms with Gasteiger partial charge in [-0.1, -0.05) is 5.21 Å². The lowest BCUT2D eigenvalue weighted by molar-refractivity contribution is -0.145. The Bertz CT molecular complexity index is 494. The summed E-state index contributed by atoms with van der Waals surface area (Å²) in [5.41, 5.74) is -2.57. The molecule has 0 aliphatic carbocycles. The van der Waals surface area contributed by atoms with Crippen molar-refractivity contribution in [3.05, 3.63) is 11.4 Å². The topological polar surface area (TPSA) is 57.0 Å². The largest absolute Gasteiger partial charge is 0.461 e. The Morgan fingerprint density at radius 1 is 1.24 bits per heavy atom. The molecule has 0 unspecified atom stereocenters. The quantitative estimate of drug-likeness (QED) is 0.618. The van der Waals surface area contributed by atoms with Crippen LogP contribution in [0.15, 0.2) is 0 Å². The molecule has 0 radical (unpaired) electrons. The van der Waals surface area contributed by atoms with E-state index in [1.165, 1.54) is 6.92 Å². The highest BCUT2D eigenvalue weighted by Gasteiger charge is 2.42. The summed E-state index contributed by atoms with van der Waals surface area (Å²) in [7, 11) is 0. The Kier molecular flexibility index (Phi) is 5.18. The average molecular weight is 319 g/mol. The zero-order valence-corrected chi connectivity index (χ0v) is 10.8. The van der Waals surface area contributed by atoms with Crippen LogP contribution in [0.3, 0.4) is 0 Å². The predicted octanol–water partition coefficient (Wildman–Crippen LogP) is 2.82. The standard InChI is InChI=1S/C10H11F6N3O2/c1-2-21-8(20)6-7(10(14,15)16)19(18-17-6)5-3-4-9(11,12)13/h2-5H2,1H3. The molecule has 0 aliphatic rings. The van der Waals surface area contributed by atoms with E-state index in [9.17, 15) is 31.1 Å². The van der Waals surface area contributed by atoms with Crippen molar-refractivity contribution >= 4 is 5.97 Å². The second-order valence-corrected chi connectivity index (χ2v) is 3.95. The Labute approximate surface area is 114 Å². The molecule has 0 saturated carbocycles. The molecule has 0 N–H and O–H groups in total. The second kappa shape index (κ2) is 6.31. The van der Waals surface area contributed by atoms with Crippen molar-refractivity contribution in [1.82, 2.24) is 15.0 Å². The molecule has 0 aromatic carbocycles. The molecular formula is C10H11F6N3O2. The normalized spacial score (nSPS) is 12.5. The predicted molar refractivity (Wildman–Crippen MR) is 56.3 cm³/mol. The molecule has 0 fully saturated rings. The minimum absolute atomic E-state index is 0.170. The van der Waals surface area contributed by atoms with Gasteiger partial charge in [0.15, 0.2) is 5.69 Å². The van der Waals surface area contributed by atoms with Crippen molar-refractivity contribution in [2.24, 2.45) is 0 Å². The molecule has 5 nitrogen and oxygen atoms in total. The van der Waals surface area contributed by atoms with Crippen LogP contribution in [0.2, 0.25) is 0 Å². The molecule has 1 rings (SSSR count). The van der Waals surface area contributed by atoms with E-state index in [1.807, 2.05) is 0 Å². The summed E-state index contributed by atoms with van der Waals surface area (Å²) in [6.45, 7) is 0.552. The first kappa shape index (κ1) is 17.2. The maximum Gasteiger partial charge on any atom is 0.435 e. The summed E-state index contributed by atoms with van der Waals surface area (Å²) in [6.07, 6.45) is -11.3. The van der Waals surface area contributed by atoms with Crippen molar-refractivity contribution in [1.29, 1.82) is 0 Å². The molecular weight excluding hydrogens is 308 g/mol. The maximum atomic E-state index is 12.9. The Balaban J connectivity index is 2.97. The number of rotatable bonds is 5. The SMILES string of the molecule is CCOC(=O)c1nnn(CCCC(F)(F)F)c1C(F)(F)F. The Hall–Kier alpha value is -1.81. The highest BCUT2D eigenvalue weighted by Crippen LogP contribution is 2.32. The monoisotopic (exact) mass is 319 g/mol. The highest BCUT2D eigenvalue weighted by molar-refractivity contribution is 5.88. The number of carbonyl (C=O) groups is 1. The van der Waals surface area contributed by atoms with E-state index in [2.05, 4.69) is 15.0 Å². The molecule has 0 amide bonds. The van der Waals surface area contributed by atoms with Gasteiger partial charge in [-0.25, -0.2) is 9.48 Å². The lowest BCUT2D eigenvalue weighted by atomic mass is 10.2. The van der Waals surface area contributed by atoms with Crippen molar-refractivity contribution in [2.75, 3.05) is 6.61 Å². The molecule has 1 aromatic heterocycles. The zero-order chi connectivity index (χ0) is 16.3. The van der Waals surface area contributed by atoms with E-state index in [0.717, 1.165) is 0 Å². The number of nitrogens with zero attached hydrogens (tertiary/aromatic N) is 3. The minimum atomic E-state index is -4.98. The van der Waals surface area contributed by atoms with E-state index in [4.69, 9.17) is 0 Å². The number of aromatic nitrogens is 3. The van der Waals surface area contributed by atoms with E-state index >= 15 is 0 Å². The van der Waals surface area contributed by atoms with Crippen molar-refractivity contribution in [3.63, 3.8) is 0 Å². The fraction of sp³-hybridized carbons (Fsp3) is 0.700. The first-order chi connectivity index (χ1) is 9.56. The number of halogens is 6. The summed E-state index contributed by atoms with van der Waals surface area (Å²) in [5, 5.41) is 6.14. The molecule has 21 heavy (non-hydrogen) atoms. The summed E-state index contributed by atoms with van der Waals surface area (Å²) in [5.74, 6) is -1.33. The van der Waals surface area contributed by atoms with Gasteiger partial charge in [-0.05, 0) is 13.3 Å². The minimum Gasteiger partial charge on any atom is -0.461 e. The van der Waals surface area contributed by atoms with Crippen molar-refractivity contribution in [3.8, 4) is 0 Å². The van der Waals surface area contributed by atoms with Gasteiger partial charge in [0.05, 0.1) is 6.61 Å². The molecule has 0 saturated heterocycles. The van der Waals surface area contributed by atoms with E-state index in [1.54, 1.807) is 0 Å². The van der Waals surface area contributed by atoms with Gasteiger partial charge < -0.3 is 4.74 Å². The van der Waals surface area contributed by atoms with Crippen LogP contribution < -0.4 is 0 Å². The highest BCUT2D eigenvalue weighted by atomic mass is 19.4. The van der Waals surface area contributed by atoms with Gasteiger partial charge in [-0.2, -0.15) is 26.3 Å². The number of esters is 1. The number of hydrogen-bond donors (Lipinski definition) is 0. The summed E-state index contributed by atoms with van der Waals surface area (Å²) in [6, 6.07) is 0. The third-order valence-electron chi connectivity index (χ3n) is 2.30. The number of hydrogen-bond acceptors (Lipinski definition) is 4. The summed E-state index contributed by atoms with van der Waals surface area (Å²) < 4.78 is 79.2. The second-order valence-electron chi connectivity index (χ2n) is 3.95. The summed E-state index contributed by atoms with van der Waals surface area (Å²) >= 11 is 0. The molecule has 11 heteroatoms. The van der Waals surface area contributed by atoms with Gasteiger partial charge >= 0.3 is 18.3 Å². The number of aryl methyl sites for hydroxylation is 1. The van der Waals surface area contributed by atoms with Crippen LogP contribution in [0.1, 0.15) is 35.9 Å². The van der Waals surface area contributed by atoms with Crippen molar-refractivity contribution in [2.45, 2.75) is 38.7 Å². The molecule has 0 bridgehead atoms. The number of alkyl halides is 6. The molecule has 120 valence electrons. The molecule has 0 atom stereocenters. The van der Waals surface area contributed by atoms with Crippen LogP contribution in [-0.2, 0) is 17.5 Å². The number of ether oxygens (including phenoxy) is 1. The third kappa shape index (κ3) is 4.90. The molecule has 0 spiro atoms. The molecule has 0 aliphatic heterocycles. The smallest absolute Gasteiger partial charge is 0.435 e. The average Bonchev–Trinajstić information content (AvgIpc) is 2.71. The van der Waals surface area contributed by atoms with E-state index < -0.39 is 49.1 Å². The van der Waals surface area contributed by atoms with Gasteiger partial charge in [0.1, 0.15) is 0 Å². The van der Waals surface area contributed by atoms with Gasteiger partial charge in [0.25, 0.3) is 0 Å². The van der Waals surface area contributed by atoms with Crippen LogP contribution in [0.4, 0.5) is 26.3 Å². The van der Waals surface area contributed by atoms with Crippen LogP contribution in [-0.4, -0.2) is 33.7 Å². The van der Waals surface area contributed by atoms with E-state index in [0.29, 0.717) is 0 Å². The zero-order valence-electron chi connectivity index (χ0n) is 10.8. The fourth-order valence-electron chi connectivity index (χ4n) is 1.52. The lowest BCUT2D eigenvalue weighted by Crippen LogP contribution is -2.20. The van der Waals surface area contributed by atoms with Gasteiger partial charge in [-0.15, -0.1) is 5.10 Å². The Morgan fingerprint density at radius 3 is 2.33 bits per heavy atom.